The van der Waals surface area contributed by atoms with Gasteiger partial charge < -0.3 is 5.11 Å². The van der Waals surface area contributed by atoms with E-state index in [2.05, 4.69) is 6.92 Å². The second-order valence-electron chi connectivity index (χ2n) is 5.10. The third kappa shape index (κ3) is 6.80. The van der Waals surface area contributed by atoms with E-state index in [1.54, 1.807) is 0 Å². The molecule has 16 heavy (non-hydrogen) atoms. The standard InChI is InChI=1S/C14H28OS/c1-2-3-4-6-9-13(15)12-16-14-10-7-5-8-11-14/h13-15H,2-12H2,1H3. The highest BCUT2D eigenvalue weighted by atomic mass is 32.2. The molecule has 2 heteroatoms. The first-order valence-corrected chi connectivity index (χ1v) is 8.17. The fourth-order valence-corrected chi connectivity index (χ4v) is 3.70. The molecular weight excluding hydrogens is 216 g/mol. The quantitative estimate of drug-likeness (QED) is 0.639. The van der Waals surface area contributed by atoms with Gasteiger partial charge in [-0.2, -0.15) is 11.8 Å². The number of rotatable bonds is 8. The summed E-state index contributed by atoms with van der Waals surface area (Å²) in [5.41, 5.74) is 0. The zero-order valence-corrected chi connectivity index (χ0v) is 11.6. The molecule has 1 unspecified atom stereocenters. The van der Waals surface area contributed by atoms with Crippen molar-refractivity contribution < 1.29 is 5.11 Å². The Bertz CT molecular complexity index is 155. The van der Waals surface area contributed by atoms with E-state index in [9.17, 15) is 5.11 Å². The molecule has 0 amide bonds. The molecule has 0 radical (unpaired) electrons. The predicted molar refractivity (Wildman–Crippen MR) is 74.1 cm³/mol. The molecule has 0 spiro atoms. The summed E-state index contributed by atoms with van der Waals surface area (Å²) >= 11 is 2.02. The molecule has 1 saturated carbocycles. The van der Waals surface area contributed by atoms with Crippen molar-refractivity contribution in [2.75, 3.05) is 5.75 Å². The van der Waals surface area contributed by atoms with Gasteiger partial charge in [0.2, 0.25) is 0 Å². The third-order valence-electron chi connectivity index (χ3n) is 3.47. The molecule has 1 aliphatic rings. The van der Waals surface area contributed by atoms with Gasteiger partial charge in [0.05, 0.1) is 6.10 Å². The smallest absolute Gasteiger partial charge is 0.0630 e. The second kappa shape index (κ2) is 9.35. The van der Waals surface area contributed by atoms with Crippen molar-refractivity contribution in [1.29, 1.82) is 0 Å². The molecule has 0 aromatic rings. The van der Waals surface area contributed by atoms with Crippen molar-refractivity contribution in [3.8, 4) is 0 Å². The van der Waals surface area contributed by atoms with Crippen LogP contribution in [0.3, 0.4) is 0 Å². The highest BCUT2D eigenvalue weighted by Gasteiger charge is 2.15. The Labute approximate surface area is 105 Å². The Morgan fingerprint density at radius 3 is 2.56 bits per heavy atom. The Morgan fingerprint density at radius 2 is 1.88 bits per heavy atom. The van der Waals surface area contributed by atoms with Gasteiger partial charge in [-0.05, 0) is 19.3 Å². The molecule has 1 nitrogen and oxygen atoms in total. The van der Waals surface area contributed by atoms with Crippen LogP contribution in [0.5, 0.6) is 0 Å². The summed E-state index contributed by atoms with van der Waals surface area (Å²) in [4.78, 5) is 0. The lowest BCUT2D eigenvalue weighted by Crippen LogP contribution is -2.15. The highest BCUT2D eigenvalue weighted by Crippen LogP contribution is 2.28. The summed E-state index contributed by atoms with van der Waals surface area (Å²) in [5, 5.41) is 10.7. The van der Waals surface area contributed by atoms with E-state index >= 15 is 0 Å². The van der Waals surface area contributed by atoms with Crippen LogP contribution >= 0.6 is 11.8 Å². The molecule has 0 aromatic carbocycles. The first-order valence-electron chi connectivity index (χ1n) is 7.12. The van der Waals surface area contributed by atoms with Gasteiger partial charge in [0.15, 0.2) is 0 Å². The fraction of sp³-hybridized carbons (Fsp3) is 1.00. The minimum absolute atomic E-state index is 0.0521. The topological polar surface area (TPSA) is 20.2 Å². The third-order valence-corrected chi connectivity index (χ3v) is 4.99. The van der Waals surface area contributed by atoms with E-state index in [-0.39, 0.29) is 6.10 Å². The minimum atomic E-state index is -0.0521. The average molecular weight is 244 g/mol. The average Bonchev–Trinajstić information content (AvgIpc) is 2.33. The van der Waals surface area contributed by atoms with E-state index in [0.717, 1.165) is 17.4 Å². The van der Waals surface area contributed by atoms with E-state index in [1.807, 2.05) is 11.8 Å². The van der Waals surface area contributed by atoms with E-state index in [0.29, 0.717) is 0 Å². The van der Waals surface area contributed by atoms with Crippen LogP contribution in [0.15, 0.2) is 0 Å². The van der Waals surface area contributed by atoms with E-state index < -0.39 is 0 Å². The zero-order chi connectivity index (χ0) is 11.6. The molecule has 1 aliphatic carbocycles. The summed E-state index contributed by atoms with van der Waals surface area (Å²) < 4.78 is 0. The molecule has 1 fully saturated rings. The zero-order valence-electron chi connectivity index (χ0n) is 10.8. The van der Waals surface area contributed by atoms with E-state index in [4.69, 9.17) is 0 Å². The molecule has 96 valence electrons. The van der Waals surface area contributed by atoms with E-state index in [1.165, 1.54) is 57.8 Å². The molecule has 1 rings (SSSR count). The van der Waals surface area contributed by atoms with Gasteiger partial charge in [0.25, 0.3) is 0 Å². The fourth-order valence-electron chi connectivity index (χ4n) is 2.37. The van der Waals surface area contributed by atoms with Crippen LogP contribution in [0.4, 0.5) is 0 Å². The molecule has 0 bridgehead atoms. The summed E-state index contributed by atoms with van der Waals surface area (Å²) in [5.74, 6) is 0.969. The van der Waals surface area contributed by atoms with Gasteiger partial charge in [-0.15, -0.1) is 0 Å². The summed E-state index contributed by atoms with van der Waals surface area (Å²) in [7, 11) is 0. The second-order valence-corrected chi connectivity index (χ2v) is 6.43. The molecule has 1 atom stereocenters. The Kier molecular flexibility index (Phi) is 8.40. The summed E-state index contributed by atoms with van der Waals surface area (Å²) in [6.45, 7) is 2.23. The lowest BCUT2D eigenvalue weighted by atomic mass is 10.0. The Balaban J connectivity index is 1.94. The molecule has 0 saturated heterocycles. The van der Waals surface area contributed by atoms with Crippen molar-refractivity contribution in [2.24, 2.45) is 0 Å². The molecule has 0 heterocycles. The number of thioether (sulfide) groups is 1. The largest absolute Gasteiger partial charge is 0.392 e. The van der Waals surface area contributed by atoms with Crippen molar-refractivity contribution in [3.63, 3.8) is 0 Å². The lowest BCUT2D eigenvalue weighted by molar-refractivity contribution is 0.184. The van der Waals surface area contributed by atoms with Crippen molar-refractivity contribution in [2.45, 2.75) is 82.5 Å². The molecule has 1 N–H and O–H groups in total. The van der Waals surface area contributed by atoms with Crippen molar-refractivity contribution in [3.05, 3.63) is 0 Å². The summed E-state index contributed by atoms with van der Waals surface area (Å²) in [6, 6.07) is 0. The SMILES string of the molecule is CCCCCCC(O)CSC1CCCCC1. The van der Waals surface area contributed by atoms with Crippen molar-refractivity contribution in [1.82, 2.24) is 0 Å². The maximum absolute atomic E-state index is 9.86. The monoisotopic (exact) mass is 244 g/mol. The molecular formula is C14H28OS. The van der Waals surface area contributed by atoms with Crippen LogP contribution in [0.25, 0.3) is 0 Å². The van der Waals surface area contributed by atoms with Crippen LogP contribution in [0.2, 0.25) is 0 Å². The van der Waals surface area contributed by atoms with Gasteiger partial charge in [0, 0.05) is 11.0 Å². The number of unbranched alkanes of at least 4 members (excludes halogenated alkanes) is 3. The Morgan fingerprint density at radius 1 is 1.12 bits per heavy atom. The van der Waals surface area contributed by atoms with Gasteiger partial charge in [-0.1, -0.05) is 51.9 Å². The number of aliphatic hydroxyl groups is 1. The first-order chi connectivity index (χ1) is 7.83. The molecule has 0 aliphatic heterocycles. The van der Waals surface area contributed by atoms with Crippen LogP contribution in [-0.2, 0) is 0 Å². The predicted octanol–water partition coefficient (Wildman–Crippen LogP) is 4.38. The van der Waals surface area contributed by atoms with Crippen LogP contribution in [-0.4, -0.2) is 22.2 Å². The first kappa shape index (κ1) is 14.4. The normalized spacial score (nSPS) is 19.9. The van der Waals surface area contributed by atoms with Crippen LogP contribution in [0, 0.1) is 0 Å². The Hall–Kier alpha value is 0.310. The number of hydrogen-bond donors (Lipinski definition) is 1. The molecule has 0 aromatic heterocycles. The number of hydrogen-bond acceptors (Lipinski definition) is 2. The minimum Gasteiger partial charge on any atom is -0.392 e. The highest BCUT2D eigenvalue weighted by molar-refractivity contribution is 7.99. The lowest BCUT2D eigenvalue weighted by Gasteiger charge is -2.22. The van der Waals surface area contributed by atoms with Crippen molar-refractivity contribution >= 4 is 11.8 Å². The maximum Gasteiger partial charge on any atom is 0.0630 e. The van der Waals surface area contributed by atoms with Gasteiger partial charge >= 0.3 is 0 Å². The summed E-state index contributed by atoms with van der Waals surface area (Å²) in [6.07, 6.45) is 13.1. The van der Waals surface area contributed by atoms with Crippen LogP contribution < -0.4 is 0 Å². The maximum atomic E-state index is 9.86. The number of aliphatic hydroxyl groups excluding tert-OH is 1. The van der Waals surface area contributed by atoms with Gasteiger partial charge in [-0.25, -0.2) is 0 Å². The van der Waals surface area contributed by atoms with Gasteiger partial charge in [0.1, 0.15) is 0 Å². The van der Waals surface area contributed by atoms with Gasteiger partial charge in [-0.3, -0.25) is 0 Å². The van der Waals surface area contributed by atoms with Crippen LogP contribution in [0.1, 0.15) is 71.1 Å².